The number of halogens is 1. The van der Waals surface area contributed by atoms with Crippen molar-refractivity contribution in [1.29, 1.82) is 0 Å². The summed E-state index contributed by atoms with van der Waals surface area (Å²) in [4.78, 5) is 0.172. The van der Waals surface area contributed by atoms with E-state index in [1.807, 2.05) is 0 Å². The van der Waals surface area contributed by atoms with Gasteiger partial charge >= 0.3 is 0 Å². The van der Waals surface area contributed by atoms with Gasteiger partial charge in [-0.1, -0.05) is 29.9 Å². The first-order chi connectivity index (χ1) is 9.79. The van der Waals surface area contributed by atoms with Crippen molar-refractivity contribution in [2.45, 2.75) is 42.7 Å². The topological polar surface area (TPSA) is 92.4 Å². The highest BCUT2D eigenvalue weighted by Gasteiger charge is 2.26. The van der Waals surface area contributed by atoms with Gasteiger partial charge in [0.1, 0.15) is 9.88 Å². The Labute approximate surface area is 134 Å². The summed E-state index contributed by atoms with van der Waals surface area (Å²) >= 11 is 10.9. The Morgan fingerprint density at radius 2 is 1.95 bits per heavy atom. The number of sulfonamides is 1. The zero-order valence-electron chi connectivity index (χ0n) is 11.3. The summed E-state index contributed by atoms with van der Waals surface area (Å²) in [6.45, 7) is 0. The minimum Gasteiger partial charge on any atom is -0.393 e. The summed E-state index contributed by atoms with van der Waals surface area (Å²) in [5.41, 5.74) is 6.01. The van der Waals surface area contributed by atoms with Crippen molar-refractivity contribution in [2.75, 3.05) is 0 Å². The highest BCUT2D eigenvalue weighted by Crippen LogP contribution is 2.25. The van der Waals surface area contributed by atoms with Crippen LogP contribution in [0.3, 0.4) is 0 Å². The lowest BCUT2D eigenvalue weighted by molar-refractivity contribution is 0.120. The molecule has 0 aromatic heterocycles. The quantitative estimate of drug-likeness (QED) is 0.718. The predicted molar refractivity (Wildman–Crippen MR) is 85.9 cm³/mol. The molecule has 2 rings (SSSR count). The van der Waals surface area contributed by atoms with Gasteiger partial charge in [0.05, 0.1) is 11.1 Å². The van der Waals surface area contributed by atoms with Crippen LogP contribution in [-0.4, -0.2) is 30.7 Å². The van der Waals surface area contributed by atoms with Gasteiger partial charge in [-0.2, -0.15) is 0 Å². The summed E-state index contributed by atoms with van der Waals surface area (Å²) in [5, 5.41) is 9.53. The first-order valence-electron chi connectivity index (χ1n) is 6.59. The Balaban J connectivity index is 2.18. The molecule has 1 aromatic carbocycles. The Morgan fingerprint density at radius 3 is 2.48 bits per heavy atom. The SMILES string of the molecule is NC(=S)c1ccc(S(=O)(=O)NC2CCC(O)CC2)c(Cl)c1. The first-order valence-corrected chi connectivity index (χ1v) is 8.86. The molecule has 4 N–H and O–H groups in total. The van der Waals surface area contributed by atoms with E-state index in [-0.39, 0.29) is 27.1 Å². The number of hydrogen-bond donors (Lipinski definition) is 3. The van der Waals surface area contributed by atoms with E-state index in [0.29, 0.717) is 31.2 Å². The van der Waals surface area contributed by atoms with Crippen molar-refractivity contribution in [3.63, 3.8) is 0 Å². The third kappa shape index (κ3) is 4.14. The third-order valence-corrected chi connectivity index (χ3v) is 5.76. The molecule has 116 valence electrons. The molecule has 1 fully saturated rings. The van der Waals surface area contributed by atoms with E-state index < -0.39 is 10.0 Å². The number of benzene rings is 1. The van der Waals surface area contributed by atoms with E-state index in [0.717, 1.165) is 0 Å². The standard InChI is InChI=1S/C13H17ClN2O3S2/c14-11-7-8(13(15)20)1-6-12(11)21(18,19)16-9-2-4-10(17)5-3-9/h1,6-7,9-10,16-17H,2-5H2,(H2,15,20). The average Bonchev–Trinajstić information content (AvgIpc) is 2.40. The molecule has 0 saturated heterocycles. The molecule has 0 amide bonds. The van der Waals surface area contributed by atoms with Gasteiger partial charge in [0, 0.05) is 11.6 Å². The van der Waals surface area contributed by atoms with Crippen LogP contribution in [0, 0.1) is 0 Å². The molecule has 0 heterocycles. The molecular formula is C13H17ClN2O3S2. The summed E-state index contributed by atoms with van der Waals surface area (Å²) in [6.07, 6.45) is 2.09. The van der Waals surface area contributed by atoms with Gasteiger partial charge in [-0.25, -0.2) is 13.1 Å². The summed E-state index contributed by atoms with van der Waals surface area (Å²) in [5.74, 6) is 0. The molecular weight excluding hydrogens is 332 g/mol. The van der Waals surface area contributed by atoms with Gasteiger partial charge in [-0.3, -0.25) is 0 Å². The molecule has 0 atom stereocenters. The largest absolute Gasteiger partial charge is 0.393 e. The maximum absolute atomic E-state index is 12.4. The molecule has 0 spiro atoms. The average molecular weight is 349 g/mol. The number of aliphatic hydroxyl groups is 1. The normalized spacial score (nSPS) is 23.0. The number of nitrogens with two attached hydrogens (primary N) is 1. The number of nitrogens with one attached hydrogen (secondary N) is 1. The molecule has 1 aliphatic carbocycles. The maximum Gasteiger partial charge on any atom is 0.242 e. The number of thiocarbonyl (C=S) groups is 1. The second kappa shape index (κ2) is 6.58. The number of rotatable bonds is 4. The molecule has 1 saturated carbocycles. The molecule has 0 radical (unpaired) electrons. The Morgan fingerprint density at radius 1 is 1.33 bits per heavy atom. The van der Waals surface area contributed by atoms with Crippen molar-refractivity contribution < 1.29 is 13.5 Å². The minimum absolute atomic E-state index is 0.00953. The molecule has 0 unspecified atom stereocenters. The Kier molecular flexibility index (Phi) is 5.21. The fourth-order valence-corrected chi connectivity index (χ4v) is 4.33. The summed E-state index contributed by atoms with van der Waals surface area (Å²) in [7, 11) is -3.70. The van der Waals surface area contributed by atoms with Crippen LogP contribution in [0.1, 0.15) is 31.2 Å². The van der Waals surface area contributed by atoms with E-state index in [9.17, 15) is 13.5 Å². The van der Waals surface area contributed by atoms with Gasteiger partial charge < -0.3 is 10.8 Å². The van der Waals surface area contributed by atoms with Crippen molar-refractivity contribution in [1.82, 2.24) is 4.72 Å². The predicted octanol–water partition coefficient (Wildman–Crippen LogP) is 1.56. The maximum atomic E-state index is 12.4. The van der Waals surface area contributed by atoms with Gasteiger partial charge in [0.25, 0.3) is 0 Å². The molecule has 0 bridgehead atoms. The molecule has 5 nitrogen and oxygen atoms in total. The minimum atomic E-state index is -3.70. The highest BCUT2D eigenvalue weighted by atomic mass is 35.5. The van der Waals surface area contributed by atoms with Crippen LogP contribution in [0.15, 0.2) is 23.1 Å². The Bertz CT molecular complexity index is 641. The van der Waals surface area contributed by atoms with Gasteiger partial charge in [0.2, 0.25) is 10.0 Å². The lowest BCUT2D eigenvalue weighted by Crippen LogP contribution is -2.38. The fourth-order valence-electron chi connectivity index (χ4n) is 2.35. The molecule has 21 heavy (non-hydrogen) atoms. The number of hydrogen-bond acceptors (Lipinski definition) is 4. The number of aliphatic hydroxyl groups excluding tert-OH is 1. The van der Waals surface area contributed by atoms with Gasteiger partial charge in [-0.15, -0.1) is 0 Å². The van der Waals surface area contributed by atoms with Crippen LogP contribution in [0.5, 0.6) is 0 Å². The fraction of sp³-hybridized carbons (Fsp3) is 0.462. The first kappa shape index (κ1) is 16.6. The lowest BCUT2D eigenvalue weighted by atomic mass is 9.94. The van der Waals surface area contributed by atoms with Crippen LogP contribution < -0.4 is 10.5 Å². The van der Waals surface area contributed by atoms with E-state index in [2.05, 4.69) is 4.72 Å². The third-order valence-electron chi connectivity index (χ3n) is 3.52. The van der Waals surface area contributed by atoms with Crippen molar-refractivity contribution in [3.8, 4) is 0 Å². The lowest BCUT2D eigenvalue weighted by Gasteiger charge is -2.26. The summed E-state index contributed by atoms with van der Waals surface area (Å²) < 4.78 is 27.4. The zero-order valence-corrected chi connectivity index (χ0v) is 13.6. The van der Waals surface area contributed by atoms with Crippen LogP contribution >= 0.6 is 23.8 Å². The van der Waals surface area contributed by atoms with Crippen LogP contribution in [0.25, 0.3) is 0 Å². The van der Waals surface area contributed by atoms with Crippen molar-refractivity contribution >= 4 is 38.8 Å². The van der Waals surface area contributed by atoms with Crippen LogP contribution in [0.2, 0.25) is 5.02 Å². The van der Waals surface area contributed by atoms with E-state index in [4.69, 9.17) is 29.6 Å². The second-order valence-electron chi connectivity index (χ2n) is 5.14. The van der Waals surface area contributed by atoms with Crippen LogP contribution in [0.4, 0.5) is 0 Å². The zero-order chi connectivity index (χ0) is 15.6. The van der Waals surface area contributed by atoms with E-state index >= 15 is 0 Å². The second-order valence-corrected chi connectivity index (χ2v) is 7.67. The van der Waals surface area contributed by atoms with Gasteiger partial charge in [-0.05, 0) is 37.8 Å². The molecule has 1 aromatic rings. The van der Waals surface area contributed by atoms with Gasteiger partial charge in [0.15, 0.2) is 0 Å². The molecule has 0 aliphatic heterocycles. The summed E-state index contributed by atoms with van der Waals surface area (Å²) in [6, 6.07) is 4.21. The van der Waals surface area contributed by atoms with Crippen molar-refractivity contribution in [2.24, 2.45) is 5.73 Å². The van der Waals surface area contributed by atoms with E-state index in [1.165, 1.54) is 18.2 Å². The van der Waals surface area contributed by atoms with Crippen molar-refractivity contribution in [3.05, 3.63) is 28.8 Å². The van der Waals surface area contributed by atoms with E-state index in [1.54, 1.807) is 0 Å². The monoisotopic (exact) mass is 348 g/mol. The van der Waals surface area contributed by atoms with Crippen LogP contribution in [-0.2, 0) is 10.0 Å². The smallest absolute Gasteiger partial charge is 0.242 e. The molecule has 1 aliphatic rings. The highest BCUT2D eigenvalue weighted by molar-refractivity contribution is 7.89. The Hall–Kier alpha value is -0.730. The molecule has 8 heteroatoms.